The van der Waals surface area contributed by atoms with Crippen LogP contribution in [-0.2, 0) is 5.41 Å². The molecule has 1 aliphatic rings. The summed E-state index contributed by atoms with van der Waals surface area (Å²) >= 11 is 0. The van der Waals surface area contributed by atoms with E-state index in [1.165, 1.54) is 5.56 Å². The molecule has 0 amide bonds. The van der Waals surface area contributed by atoms with Crippen molar-refractivity contribution < 1.29 is 4.79 Å². The molecule has 0 spiro atoms. The zero-order chi connectivity index (χ0) is 14.8. The highest BCUT2D eigenvalue weighted by molar-refractivity contribution is 5.97. The van der Waals surface area contributed by atoms with Crippen LogP contribution in [0.5, 0.6) is 0 Å². The molecule has 0 unspecified atom stereocenters. The van der Waals surface area contributed by atoms with Crippen LogP contribution in [0.1, 0.15) is 36.7 Å². The standard InChI is InChI=1S/C17H26N2O/c1-17(2,3)15-7-5-14(6-8-15)16(20)13-19-11-9-18(4)10-12-19/h5-8H,9-13H2,1-4H3. The summed E-state index contributed by atoms with van der Waals surface area (Å²) in [6, 6.07) is 8.10. The number of hydrogen-bond acceptors (Lipinski definition) is 3. The molecule has 0 atom stereocenters. The highest BCUT2D eigenvalue weighted by Gasteiger charge is 2.18. The van der Waals surface area contributed by atoms with Gasteiger partial charge in [0.2, 0.25) is 0 Å². The van der Waals surface area contributed by atoms with E-state index in [1.54, 1.807) is 0 Å². The third kappa shape index (κ3) is 3.90. The maximum absolute atomic E-state index is 12.3. The molecule has 1 aromatic carbocycles. The molecule has 3 nitrogen and oxygen atoms in total. The minimum absolute atomic E-state index is 0.138. The molecule has 110 valence electrons. The smallest absolute Gasteiger partial charge is 0.176 e. The third-order valence-corrected chi connectivity index (χ3v) is 4.04. The molecule has 0 saturated carbocycles. The number of nitrogens with zero attached hydrogens (tertiary/aromatic N) is 2. The molecule has 0 aromatic heterocycles. The highest BCUT2D eigenvalue weighted by atomic mass is 16.1. The molecule has 20 heavy (non-hydrogen) atoms. The Morgan fingerprint density at radius 1 is 1.05 bits per heavy atom. The summed E-state index contributed by atoms with van der Waals surface area (Å²) in [6.07, 6.45) is 0. The van der Waals surface area contributed by atoms with E-state index < -0.39 is 0 Å². The minimum Gasteiger partial charge on any atom is -0.304 e. The second kappa shape index (κ2) is 6.06. The van der Waals surface area contributed by atoms with E-state index in [0.717, 1.165) is 31.7 Å². The second-order valence-corrected chi connectivity index (χ2v) is 6.83. The van der Waals surface area contributed by atoms with Gasteiger partial charge in [0, 0.05) is 31.7 Å². The van der Waals surface area contributed by atoms with Gasteiger partial charge in [-0.1, -0.05) is 45.0 Å². The van der Waals surface area contributed by atoms with Gasteiger partial charge in [0.25, 0.3) is 0 Å². The van der Waals surface area contributed by atoms with Crippen molar-refractivity contribution in [1.29, 1.82) is 0 Å². The fourth-order valence-electron chi connectivity index (χ4n) is 2.46. The summed E-state index contributed by atoms with van der Waals surface area (Å²) in [5.74, 6) is 0.231. The third-order valence-electron chi connectivity index (χ3n) is 4.04. The average Bonchev–Trinajstić information content (AvgIpc) is 2.40. The van der Waals surface area contributed by atoms with Gasteiger partial charge in [-0.15, -0.1) is 0 Å². The summed E-state index contributed by atoms with van der Waals surface area (Å²) in [7, 11) is 2.13. The maximum Gasteiger partial charge on any atom is 0.176 e. The van der Waals surface area contributed by atoms with E-state index in [0.29, 0.717) is 6.54 Å². The number of benzene rings is 1. The van der Waals surface area contributed by atoms with Gasteiger partial charge >= 0.3 is 0 Å². The SMILES string of the molecule is CN1CCN(CC(=O)c2ccc(C(C)(C)C)cc2)CC1. The monoisotopic (exact) mass is 274 g/mol. The first-order valence-electron chi connectivity index (χ1n) is 7.41. The van der Waals surface area contributed by atoms with E-state index in [4.69, 9.17) is 0 Å². The lowest BCUT2D eigenvalue weighted by molar-refractivity contribution is 0.0876. The van der Waals surface area contributed by atoms with Crippen LogP contribution < -0.4 is 0 Å². The Morgan fingerprint density at radius 3 is 2.10 bits per heavy atom. The molecule has 0 aliphatic carbocycles. The maximum atomic E-state index is 12.3. The van der Waals surface area contributed by atoms with Crippen LogP contribution in [0.25, 0.3) is 0 Å². The molecule has 0 bridgehead atoms. The number of Topliss-reactive ketones (excluding diaryl/α,β-unsaturated/α-hetero) is 1. The summed E-state index contributed by atoms with van der Waals surface area (Å²) in [5.41, 5.74) is 2.24. The van der Waals surface area contributed by atoms with E-state index in [-0.39, 0.29) is 11.2 Å². The lowest BCUT2D eigenvalue weighted by Gasteiger charge is -2.31. The van der Waals surface area contributed by atoms with E-state index in [2.05, 4.69) is 49.8 Å². The van der Waals surface area contributed by atoms with Gasteiger partial charge in [0.1, 0.15) is 0 Å². The van der Waals surface area contributed by atoms with E-state index in [9.17, 15) is 4.79 Å². The minimum atomic E-state index is 0.138. The number of piperazine rings is 1. The first kappa shape index (κ1) is 15.2. The predicted molar refractivity (Wildman–Crippen MR) is 83.4 cm³/mol. The van der Waals surface area contributed by atoms with Gasteiger partial charge in [-0.05, 0) is 18.0 Å². The van der Waals surface area contributed by atoms with Gasteiger partial charge in [0.15, 0.2) is 5.78 Å². The van der Waals surface area contributed by atoms with Crippen molar-refractivity contribution in [2.24, 2.45) is 0 Å². The fourth-order valence-corrected chi connectivity index (χ4v) is 2.46. The molecular formula is C17H26N2O. The van der Waals surface area contributed by atoms with Gasteiger partial charge in [-0.2, -0.15) is 0 Å². The first-order valence-corrected chi connectivity index (χ1v) is 7.41. The van der Waals surface area contributed by atoms with Crippen molar-refractivity contribution in [3.8, 4) is 0 Å². The van der Waals surface area contributed by atoms with Crippen LogP contribution in [0.3, 0.4) is 0 Å². The first-order chi connectivity index (χ1) is 9.36. The number of carbonyl (C=O) groups excluding carboxylic acids is 1. The average molecular weight is 274 g/mol. The Labute approximate surface area is 122 Å². The fraction of sp³-hybridized carbons (Fsp3) is 0.588. The van der Waals surface area contributed by atoms with Crippen LogP contribution in [0.2, 0.25) is 0 Å². The molecule has 0 N–H and O–H groups in total. The Bertz CT molecular complexity index is 451. The van der Waals surface area contributed by atoms with Crippen molar-refractivity contribution in [2.75, 3.05) is 39.8 Å². The van der Waals surface area contributed by atoms with Crippen LogP contribution in [-0.4, -0.2) is 55.4 Å². The Hall–Kier alpha value is -1.19. The zero-order valence-corrected chi connectivity index (χ0v) is 13.1. The van der Waals surface area contributed by atoms with Crippen LogP contribution in [0, 0.1) is 0 Å². The van der Waals surface area contributed by atoms with Crippen molar-refractivity contribution >= 4 is 5.78 Å². The molecule has 1 aliphatic heterocycles. The topological polar surface area (TPSA) is 23.6 Å². The molecule has 1 saturated heterocycles. The van der Waals surface area contributed by atoms with Crippen LogP contribution in [0.15, 0.2) is 24.3 Å². The van der Waals surface area contributed by atoms with Crippen molar-refractivity contribution in [3.63, 3.8) is 0 Å². The summed E-state index contributed by atoms with van der Waals surface area (Å²) in [5, 5.41) is 0. The summed E-state index contributed by atoms with van der Waals surface area (Å²) in [6.45, 7) is 11.2. The van der Waals surface area contributed by atoms with Crippen molar-refractivity contribution in [3.05, 3.63) is 35.4 Å². The largest absolute Gasteiger partial charge is 0.304 e. The second-order valence-electron chi connectivity index (χ2n) is 6.83. The van der Waals surface area contributed by atoms with Gasteiger partial charge in [0.05, 0.1) is 6.54 Å². The normalized spacial score (nSPS) is 18.2. The lowest BCUT2D eigenvalue weighted by Crippen LogP contribution is -2.46. The number of hydrogen-bond donors (Lipinski definition) is 0. The molecule has 2 rings (SSSR count). The molecular weight excluding hydrogens is 248 g/mol. The lowest BCUT2D eigenvalue weighted by atomic mass is 9.86. The Morgan fingerprint density at radius 2 is 1.60 bits per heavy atom. The Balaban J connectivity index is 1.96. The predicted octanol–water partition coefficient (Wildman–Crippen LogP) is 2.41. The molecule has 1 fully saturated rings. The number of carbonyl (C=O) groups is 1. The van der Waals surface area contributed by atoms with Crippen LogP contribution >= 0.6 is 0 Å². The molecule has 0 radical (unpaired) electrons. The highest BCUT2D eigenvalue weighted by Crippen LogP contribution is 2.22. The number of ketones is 1. The molecule has 1 heterocycles. The van der Waals surface area contributed by atoms with E-state index >= 15 is 0 Å². The molecule has 1 aromatic rings. The van der Waals surface area contributed by atoms with Crippen molar-refractivity contribution in [1.82, 2.24) is 9.80 Å². The molecule has 3 heteroatoms. The van der Waals surface area contributed by atoms with Gasteiger partial charge in [-0.25, -0.2) is 0 Å². The quantitative estimate of drug-likeness (QED) is 0.791. The summed E-state index contributed by atoms with van der Waals surface area (Å²) in [4.78, 5) is 16.9. The Kier molecular flexibility index (Phi) is 4.61. The van der Waals surface area contributed by atoms with Crippen LogP contribution in [0.4, 0.5) is 0 Å². The van der Waals surface area contributed by atoms with Gasteiger partial charge < -0.3 is 4.90 Å². The summed E-state index contributed by atoms with van der Waals surface area (Å²) < 4.78 is 0. The van der Waals surface area contributed by atoms with Crippen molar-refractivity contribution in [2.45, 2.75) is 26.2 Å². The number of rotatable bonds is 3. The van der Waals surface area contributed by atoms with E-state index in [1.807, 2.05) is 12.1 Å². The van der Waals surface area contributed by atoms with Gasteiger partial charge in [-0.3, -0.25) is 9.69 Å². The zero-order valence-electron chi connectivity index (χ0n) is 13.1. The number of likely N-dealkylation sites (N-methyl/N-ethyl adjacent to an activating group) is 1.